The highest BCUT2D eigenvalue weighted by atomic mass is 16.7. The lowest BCUT2D eigenvalue weighted by Crippen LogP contribution is -2.65. The molecule has 10 nitrogen and oxygen atoms in total. The van der Waals surface area contributed by atoms with E-state index in [4.69, 9.17) is 14.2 Å². The predicted octanol–water partition coefficient (Wildman–Crippen LogP) is 3.09. The molecule has 1 amide bonds. The number of fused-ring (bicyclic) bond motifs is 4. The van der Waals surface area contributed by atoms with Crippen LogP contribution >= 0.6 is 0 Å². The highest BCUT2D eigenvalue weighted by molar-refractivity contribution is 5.73. The molecule has 1 saturated heterocycles. The summed E-state index contributed by atoms with van der Waals surface area (Å²) >= 11 is 0. The summed E-state index contributed by atoms with van der Waals surface area (Å²) < 4.78 is 18.6. The average molecular weight is 664 g/mol. The van der Waals surface area contributed by atoms with Crippen LogP contribution in [0.3, 0.4) is 0 Å². The number of hydrogen-bond acceptors (Lipinski definition) is 9. The Morgan fingerprint density at radius 3 is 2.38 bits per heavy atom. The van der Waals surface area contributed by atoms with Gasteiger partial charge < -0.3 is 45.1 Å². The Morgan fingerprint density at radius 1 is 1.06 bits per heavy atom. The molecular formula is C37H61NO9. The Hall–Kier alpha value is -1.37. The minimum atomic E-state index is -1.18. The molecule has 16 atom stereocenters. The molecule has 5 rings (SSSR count). The summed E-state index contributed by atoms with van der Waals surface area (Å²) in [6, 6.07) is -0.927. The Balaban J connectivity index is 1.57. The van der Waals surface area contributed by atoms with E-state index >= 15 is 0 Å². The van der Waals surface area contributed by atoms with E-state index < -0.39 is 61.7 Å². The van der Waals surface area contributed by atoms with E-state index in [0.29, 0.717) is 31.1 Å². The summed E-state index contributed by atoms with van der Waals surface area (Å²) in [5.41, 5.74) is 1.51. The number of aliphatic hydroxyl groups excluding tert-OH is 5. The number of ether oxygens (including phenoxy) is 3. The molecule has 4 aliphatic carbocycles. The number of rotatable bonds is 9. The third-order valence-electron chi connectivity index (χ3n) is 13.3. The molecule has 4 fully saturated rings. The maximum absolute atomic E-state index is 12.3. The van der Waals surface area contributed by atoms with Crippen LogP contribution in [0.4, 0.5) is 0 Å². The Kier molecular flexibility index (Phi) is 11.1. The van der Waals surface area contributed by atoms with Crippen LogP contribution in [-0.4, -0.2) is 100 Å². The number of aliphatic hydroxyl groups is 5. The summed E-state index contributed by atoms with van der Waals surface area (Å²) in [6.45, 7) is 14.3. The van der Waals surface area contributed by atoms with E-state index in [1.807, 2.05) is 0 Å². The van der Waals surface area contributed by atoms with Gasteiger partial charge in [0.1, 0.15) is 30.5 Å². The zero-order chi connectivity index (χ0) is 34.6. The Labute approximate surface area is 280 Å². The molecular weight excluding hydrogens is 602 g/mol. The van der Waals surface area contributed by atoms with E-state index in [1.54, 1.807) is 0 Å². The highest BCUT2D eigenvalue weighted by Gasteiger charge is 2.62. The number of allylic oxidation sites excluding steroid dienone is 2. The van der Waals surface area contributed by atoms with Gasteiger partial charge in [0.25, 0.3) is 0 Å². The van der Waals surface area contributed by atoms with Gasteiger partial charge in [-0.3, -0.25) is 4.79 Å². The molecule has 6 N–H and O–H groups in total. The number of amides is 1. The first-order valence-corrected chi connectivity index (χ1v) is 17.9. The summed E-state index contributed by atoms with van der Waals surface area (Å²) in [7, 11) is 1.43. The van der Waals surface area contributed by atoms with Gasteiger partial charge in [-0.15, -0.1) is 0 Å². The van der Waals surface area contributed by atoms with Crippen LogP contribution < -0.4 is 5.32 Å². The number of methoxy groups -OCH3 is 1. The number of nitrogens with one attached hydrogen (secondary N) is 1. The van der Waals surface area contributed by atoms with Crippen LogP contribution in [0.15, 0.2) is 23.3 Å². The van der Waals surface area contributed by atoms with Crippen molar-refractivity contribution in [1.29, 1.82) is 0 Å². The predicted molar refractivity (Wildman–Crippen MR) is 177 cm³/mol. The van der Waals surface area contributed by atoms with Crippen molar-refractivity contribution in [3.8, 4) is 0 Å². The second-order valence-corrected chi connectivity index (χ2v) is 16.3. The zero-order valence-corrected chi connectivity index (χ0v) is 29.6. The van der Waals surface area contributed by atoms with Crippen molar-refractivity contribution >= 4 is 5.91 Å². The first-order chi connectivity index (χ1) is 22.1. The van der Waals surface area contributed by atoms with Gasteiger partial charge in [0.2, 0.25) is 5.91 Å². The highest BCUT2D eigenvalue weighted by Crippen LogP contribution is 2.66. The van der Waals surface area contributed by atoms with Crippen molar-refractivity contribution in [2.45, 2.75) is 142 Å². The second-order valence-electron chi connectivity index (χ2n) is 16.3. The molecule has 0 aromatic carbocycles. The molecule has 5 aliphatic rings. The molecule has 0 unspecified atom stereocenters. The minimum absolute atomic E-state index is 0.0314. The third-order valence-corrected chi connectivity index (χ3v) is 13.3. The number of carbonyl (C=O) groups excluding carboxylic acids is 1. The maximum atomic E-state index is 12.3. The lowest BCUT2D eigenvalue weighted by Gasteiger charge is -2.59. The van der Waals surface area contributed by atoms with E-state index in [2.05, 4.69) is 59.0 Å². The van der Waals surface area contributed by atoms with Crippen molar-refractivity contribution in [3.63, 3.8) is 0 Å². The minimum Gasteiger partial charge on any atom is -0.394 e. The summed E-state index contributed by atoms with van der Waals surface area (Å²) in [6.07, 6.45) is 2.03. The van der Waals surface area contributed by atoms with Gasteiger partial charge in [-0.2, -0.15) is 0 Å². The lowest BCUT2D eigenvalue weighted by molar-refractivity contribution is -0.290. The number of carbonyl (C=O) groups is 1. The average Bonchev–Trinajstić information content (AvgIpc) is 3.31. The summed E-state index contributed by atoms with van der Waals surface area (Å²) in [4.78, 5) is 12.3. The molecule has 3 saturated carbocycles. The molecule has 47 heavy (non-hydrogen) atoms. The van der Waals surface area contributed by atoms with Crippen LogP contribution in [0.25, 0.3) is 0 Å². The molecule has 1 aliphatic heterocycles. The van der Waals surface area contributed by atoms with Crippen LogP contribution in [0.1, 0.15) is 87.0 Å². The van der Waals surface area contributed by atoms with Crippen LogP contribution in [0, 0.1) is 46.3 Å². The Bertz CT molecular complexity index is 1190. The van der Waals surface area contributed by atoms with Crippen molar-refractivity contribution in [2.75, 3.05) is 13.7 Å². The Morgan fingerprint density at radius 2 is 1.77 bits per heavy atom. The molecule has 268 valence electrons. The molecule has 10 heteroatoms. The van der Waals surface area contributed by atoms with Crippen LogP contribution in [0.2, 0.25) is 0 Å². The smallest absolute Gasteiger partial charge is 0.217 e. The fraction of sp³-hybridized carbons (Fsp3) is 0.865. The zero-order valence-electron chi connectivity index (χ0n) is 29.6. The molecule has 0 spiro atoms. The van der Waals surface area contributed by atoms with Crippen molar-refractivity contribution in [1.82, 2.24) is 5.32 Å². The van der Waals surface area contributed by atoms with E-state index in [1.165, 1.54) is 14.0 Å². The van der Waals surface area contributed by atoms with Crippen LogP contribution in [-0.2, 0) is 19.0 Å². The topological polar surface area (TPSA) is 158 Å². The van der Waals surface area contributed by atoms with Gasteiger partial charge in [0.05, 0.1) is 24.9 Å². The largest absolute Gasteiger partial charge is 0.394 e. The van der Waals surface area contributed by atoms with Gasteiger partial charge >= 0.3 is 0 Å². The molecule has 0 bridgehead atoms. The van der Waals surface area contributed by atoms with Gasteiger partial charge in [-0.25, -0.2) is 0 Å². The monoisotopic (exact) mass is 663 g/mol. The normalized spacial score (nSPS) is 46.6. The summed E-state index contributed by atoms with van der Waals surface area (Å²) in [5, 5.41) is 58.2. The molecule has 1 heterocycles. The SMILES string of the molecule is CO[C@H]1[C@H](O)[C@@H](NC(C)=O)[C@H](O[C@@H]2CC3=C4[C@@H](O)[C@@H](O)[C@H]5C[C@H](O)CC[C@]5(C)[C@H]4CC[C@]3(C)[C@H]2[C@H](C)/C=C/[C@@H](C)C(C)C)O[C@@H]1CO. The second kappa shape index (κ2) is 14.1. The fourth-order valence-corrected chi connectivity index (χ4v) is 10.3. The number of hydrogen-bond donors (Lipinski definition) is 6. The molecule has 0 radical (unpaired) electrons. The van der Waals surface area contributed by atoms with Gasteiger partial charge in [-0.05, 0) is 84.5 Å². The summed E-state index contributed by atoms with van der Waals surface area (Å²) in [5.74, 6) is 0.476. The maximum Gasteiger partial charge on any atom is 0.217 e. The van der Waals surface area contributed by atoms with Crippen molar-refractivity contribution in [3.05, 3.63) is 23.3 Å². The first kappa shape index (κ1) is 36.9. The fourth-order valence-electron chi connectivity index (χ4n) is 10.3. The first-order valence-electron chi connectivity index (χ1n) is 17.9. The standard InChI is InChI=1S/C37H61NO9/c1-18(2)19(3)9-10-20(4)29-26(46-35-30(38-21(5)40)33(44)34(45-8)27(17-39)47-35)16-24-28-23(12-14-37(24,29)7)36(6)13-11-22(41)15-25(36)31(42)32(28)43/h9-10,18-20,22-23,25-27,29-35,39,41-44H,11-17H2,1-8H3,(H,38,40)/b10-9+/t19-,20-,22-,23+,25-,26-,27-,29+,30-,31+,32-,33-,34-,35-,36-,37+/m1/s1. The van der Waals surface area contributed by atoms with Crippen LogP contribution in [0.5, 0.6) is 0 Å². The van der Waals surface area contributed by atoms with E-state index in [0.717, 1.165) is 30.4 Å². The quantitative estimate of drug-likeness (QED) is 0.204. The lowest BCUT2D eigenvalue weighted by atomic mass is 9.47. The van der Waals surface area contributed by atoms with Gasteiger partial charge in [0.15, 0.2) is 6.29 Å². The molecule has 0 aromatic heterocycles. The van der Waals surface area contributed by atoms with Crippen molar-refractivity contribution < 1.29 is 44.5 Å². The van der Waals surface area contributed by atoms with Crippen molar-refractivity contribution in [2.24, 2.45) is 46.3 Å². The van der Waals surface area contributed by atoms with Gasteiger partial charge in [0, 0.05) is 20.0 Å². The third kappa shape index (κ3) is 6.51. The van der Waals surface area contributed by atoms with Gasteiger partial charge in [-0.1, -0.05) is 59.3 Å². The van der Waals surface area contributed by atoms with E-state index in [-0.39, 0.29) is 40.4 Å². The van der Waals surface area contributed by atoms with E-state index in [9.17, 15) is 30.3 Å². The molecule has 0 aromatic rings.